The average molecular weight is 550 g/mol. The zero-order valence-electron chi connectivity index (χ0n) is 16.8. The van der Waals surface area contributed by atoms with Crippen LogP contribution in [0.25, 0.3) is 0 Å². The van der Waals surface area contributed by atoms with E-state index in [1.54, 1.807) is 62.3 Å². The summed E-state index contributed by atoms with van der Waals surface area (Å²) in [5.41, 5.74) is -1.50. The quantitative estimate of drug-likeness (QED) is 0.284. The van der Waals surface area contributed by atoms with Gasteiger partial charge in [-0.25, -0.2) is 24.5 Å². The molecule has 0 bridgehead atoms. The number of hydrogen-bond donors (Lipinski definition) is 3. The minimum atomic E-state index is -5.48. The van der Waals surface area contributed by atoms with Crippen LogP contribution in [-0.2, 0) is 25.8 Å². The molecule has 8 heteroatoms. The van der Waals surface area contributed by atoms with Crippen molar-refractivity contribution in [1.82, 2.24) is 0 Å². The predicted octanol–water partition coefficient (Wildman–Crippen LogP) is 3.79. The van der Waals surface area contributed by atoms with E-state index in [1.165, 1.54) is 12.1 Å². The van der Waals surface area contributed by atoms with E-state index in [1.807, 2.05) is 0 Å². The fourth-order valence-electron chi connectivity index (χ4n) is 0.563. The van der Waals surface area contributed by atoms with E-state index in [2.05, 4.69) is 0 Å². The minimum Gasteiger partial charge on any atom is -0.391 e. The predicted molar refractivity (Wildman–Crippen MR) is 96.7 cm³/mol. The number of halogens is 3. The topological polar surface area (TPSA) is 60.7 Å². The Labute approximate surface area is 171 Å². The van der Waals surface area contributed by atoms with Gasteiger partial charge in [-0.05, 0) is 62.3 Å². The van der Waals surface area contributed by atoms with Crippen molar-refractivity contribution in [3.63, 3.8) is 0 Å². The van der Waals surface area contributed by atoms with Crippen LogP contribution in [0.2, 0.25) is 0 Å². The van der Waals surface area contributed by atoms with Crippen LogP contribution in [0.15, 0.2) is 24.3 Å². The fourth-order valence-corrected chi connectivity index (χ4v) is 1.13. The van der Waals surface area contributed by atoms with Gasteiger partial charge in [-0.1, -0.05) is 5.19 Å². The van der Waals surface area contributed by atoms with Crippen molar-refractivity contribution in [1.29, 1.82) is 0 Å². The van der Waals surface area contributed by atoms with Crippen LogP contribution in [-0.4, -0.2) is 41.2 Å². The van der Waals surface area contributed by atoms with Crippen molar-refractivity contribution in [3.8, 4) is 0 Å². The summed E-state index contributed by atoms with van der Waals surface area (Å²) in [6.07, 6.45) is 0. The van der Waals surface area contributed by atoms with Gasteiger partial charge < -0.3 is 15.3 Å². The molecule has 25 heavy (non-hydrogen) atoms. The Morgan fingerprint density at radius 3 is 0.880 bits per heavy atom. The summed E-state index contributed by atoms with van der Waals surface area (Å²) < 4.78 is 35.3. The van der Waals surface area contributed by atoms with Gasteiger partial charge in [0.05, 0.1) is 16.8 Å². The molecule has 0 atom stereocenters. The molecule has 1 aromatic carbocycles. The van der Waals surface area contributed by atoms with Gasteiger partial charge in [0.1, 0.15) is 0 Å². The molecule has 0 heterocycles. The molecule has 1 aromatic rings. The van der Waals surface area contributed by atoms with Crippen molar-refractivity contribution in [2.24, 2.45) is 0 Å². The summed E-state index contributed by atoms with van der Waals surface area (Å²) in [5.74, 6) is 0. The van der Waals surface area contributed by atoms with E-state index < -0.39 is 31.1 Å². The molecule has 0 radical (unpaired) electrons. The van der Waals surface area contributed by atoms with Crippen molar-refractivity contribution in [3.05, 3.63) is 24.3 Å². The molecule has 0 saturated carbocycles. The third kappa shape index (κ3) is 68.6. The Morgan fingerprint density at radius 1 is 0.640 bits per heavy atom. The second-order valence-electron chi connectivity index (χ2n) is 8.18. The van der Waals surface area contributed by atoms with Gasteiger partial charge in [0.15, 0.2) is 0 Å². The Balaban J connectivity index is -0.000000122. The maximum Gasteiger partial charge on any atom is 0.584 e. The smallest absolute Gasteiger partial charge is 0.391 e. The molecule has 0 aliphatic heterocycles. The van der Waals surface area contributed by atoms with E-state index in [4.69, 9.17) is 15.3 Å². The summed E-state index contributed by atoms with van der Waals surface area (Å²) >= 11 is 0. The zero-order chi connectivity index (χ0) is 20.4. The Bertz CT molecular complexity index is 354. The zero-order valence-corrected chi connectivity index (χ0v) is 21.4. The molecule has 0 aliphatic rings. The van der Waals surface area contributed by atoms with Crippen LogP contribution in [0.3, 0.4) is 0 Å². The number of rotatable bonds is 1. The van der Waals surface area contributed by atoms with E-state index in [9.17, 15) is 12.3 Å². The van der Waals surface area contributed by atoms with Gasteiger partial charge in [0.25, 0.3) is 0 Å². The molecule has 0 fully saturated rings. The molecular weight excluding hydrogens is 516 g/mol. The molecule has 0 amide bonds. The van der Waals surface area contributed by atoms with Crippen LogP contribution in [0.1, 0.15) is 62.3 Å². The van der Waals surface area contributed by atoms with Gasteiger partial charge >= 0.3 is 9.08 Å². The first-order chi connectivity index (χ1) is 10.1. The third-order valence-electron chi connectivity index (χ3n) is 0.990. The van der Waals surface area contributed by atoms with E-state index >= 15 is 0 Å². The summed E-state index contributed by atoms with van der Waals surface area (Å²) in [6.45, 7) is 15.7. The van der Waals surface area contributed by atoms with Crippen LogP contribution < -0.4 is 5.19 Å². The van der Waals surface area contributed by atoms with Gasteiger partial charge in [-0.3, -0.25) is 0 Å². The monoisotopic (exact) mass is 551 g/mol. The van der Waals surface area contributed by atoms with Crippen molar-refractivity contribution < 1.29 is 53.5 Å². The molecular formula is C17H34F3HfO3Si-. The average Bonchev–Trinajstić information content (AvgIpc) is 2.58. The summed E-state index contributed by atoms with van der Waals surface area (Å²) in [4.78, 5) is 0. The normalized spacial score (nSPS) is 11.5. The van der Waals surface area contributed by atoms with Crippen LogP contribution in [0.5, 0.6) is 0 Å². The van der Waals surface area contributed by atoms with Crippen molar-refractivity contribution in [2.45, 2.75) is 79.1 Å². The largest absolute Gasteiger partial charge is 0.584 e. The van der Waals surface area contributed by atoms with Crippen LogP contribution >= 0.6 is 0 Å². The van der Waals surface area contributed by atoms with Gasteiger partial charge in [0.2, 0.25) is 0 Å². The summed E-state index contributed by atoms with van der Waals surface area (Å²) in [5, 5.41) is 25.1. The Kier molecular flexibility index (Phi) is 17.4. The van der Waals surface area contributed by atoms with Gasteiger partial charge in [-0.2, -0.15) is 12.1 Å². The molecule has 1 rings (SSSR count). The standard InChI is InChI=1S/C5H4F3Si.3C4H10O.Hf/c6-9(7,8)5-3-1-2-4-5;3*1-4(2,3)5;/h1-4H;3*5H,1-3H3;/q-1;;;;. The molecule has 3 N–H and O–H groups in total. The molecule has 0 aliphatic carbocycles. The molecule has 0 saturated heterocycles. The number of hydrogen-bond acceptors (Lipinski definition) is 3. The fraction of sp³-hybridized carbons (Fsp3) is 0.706. The van der Waals surface area contributed by atoms with Crippen molar-refractivity contribution >= 4 is 14.3 Å². The molecule has 0 spiro atoms. The molecule has 150 valence electrons. The Hall–Kier alpha value is 0.107. The maximum atomic E-state index is 11.8. The summed E-state index contributed by atoms with van der Waals surface area (Å²) in [6, 6.07) is 5.00. The first-order valence-corrected chi connectivity index (χ1v) is 9.20. The van der Waals surface area contributed by atoms with Gasteiger partial charge in [-0.15, -0.1) is 0 Å². The second kappa shape index (κ2) is 13.3. The minimum absolute atomic E-state index is 0. The molecule has 0 unspecified atom stereocenters. The SMILES string of the molecule is CC(C)(C)O.CC(C)(C)O.CC(C)(C)O.F[Si](F)(F)[c-]1cccc1.[Hf]. The van der Waals surface area contributed by atoms with E-state index in [0.29, 0.717) is 0 Å². The third-order valence-corrected chi connectivity index (χ3v) is 1.98. The van der Waals surface area contributed by atoms with Gasteiger partial charge in [0, 0.05) is 25.8 Å². The van der Waals surface area contributed by atoms with E-state index in [-0.39, 0.29) is 25.8 Å². The molecule has 0 aromatic heterocycles. The Morgan fingerprint density at radius 2 is 0.800 bits per heavy atom. The first kappa shape index (κ1) is 32.8. The maximum absolute atomic E-state index is 11.8. The first-order valence-electron chi connectivity index (χ1n) is 7.57. The number of aliphatic hydroxyl groups is 3. The second-order valence-corrected chi connectivity index (χ2v) is 9.76. The summed E-state index contributed by atoms with van der Waals surface area (Å²) in [7, 11) is -5.48. The van der Waals surface area contributed by atoms with Crippen LogP contribution in [0.4, 0.5) is 12.3 Å². The van der Waals surface area contributed by atoms with Crippen molar-refractivity contribution in [2.75, 3.05) is 0 Å². The molecule has 3 nitrogen and oxygen atoms in total. The van der Waals surface area contributed by atoms with Crippen LogP contribution in [0, 0.1) is 0 Å². The van der Waals surface area contributed by atoms with E-state index in [0.717, 1.165) is 12.1 Å².